The molecule has 1 aromatic heterocycles. The lowest BCUT2D eigenvalue weighted by molar-refractivity contribution is 1.16. The van der Waals surface area contributed by atoms with Crippen LogP contribution in [0.4, 0.5) is 0 Å². The summed E-state index contributed by atoms with van der Waals surface area (Å²) in [5, 5.41) is 8.44. The maximum absolute atomic E-state index is 8.44. The van der Waals surface area contributed by atoms with Gasteiger partial charge in [0, 0.05) is 6.20 Å². The smallest absolute Gasteiger partial charge is 0.0992 e. The Morgan fingerprint density at radius 3 is 2.91 bits per heavy atom. The number of rotatable bonds is 1. The molecular weight excluding hydrogens is 183 g/mol. The summed E-state index contributed by atoms with van der Waals surface area (Å²) in [6.45, 7) is 0. The number of hydrogen-bond donors (Lipinski definition) is 0. The molecule has 0 amide bonds. The van der Waals surface area contributed by atoms with Gasteiger partial charge in [-0.3, -0.25) is 4.98 Å². The minimum absolute atomic E-state index is 0. The SMILES string of the molecule is Cl.N#Cc1ccnc(CCl)c1. The van der Waals surface area contributed by atoms with E-state index >= 15 is 0 Å². The Labute approximate surface area is 76.2 Å². The van der Waals surface area contributed by atoms with Crippen molar-refractivity contribution in [1.29, 1.82) is 5.26 Å². The van der Waals surface area contributed by atoms with Gasteiger partial charge in [0.25, 0.3) is 0 Å². The Bertz CT molecular complexity index is 267. The van der Waals surface area contributed by atoms with Crippen molar-refractivity contribution in [3.05, 3.63) is 29.6 Å². The lowest BCUT2D eigenvalue weighted by Crippen LogP contribution is -1.84. The van der Waals surface area contributed by atoms with Gasteiger partial charge < -0.3 is 0 Å². The average Bonchev–Trinajstić information content (AvgIpc) is 2.05. The van der Waals surface area contributed by atoms with Gasteiger partial charge in [0.1, 0.15) is 0 Å². The van der Waals surface area contributed by atoms with Crippen LogP contribution >= 0.6 is 24.0 Å². The lowest BCUT2D eigenvalue weighted by Gasteiger charge is -1.91. The van der Waals surface area contributed by atoms with Gasteiger partial charge in [-0.25, -0.2) is 0 Å². The van der Waals surface area contributed by atoms with Crippen LogP contribution in [0.1, 0.15) is 11.3 Å². The summed E-state index contributed by atoms with van der Waals surface area (Å²) in [4.78, 5) is 3.92. The normalized spacial score (nSPS) is 8.00. The molecule has 0 aliphatic heterocycles. The molecule has 0 aliphatic rings. The highest BCUT2D eigenvalue weighted by molar-refractivity contribution is 6.16. The van der Waals surface area contributed by atoms with Crippen LogP contribution in [0.15, 0.2) is 18.3 Å². The number of hydrogen-bond acceptors (Lipinski definition) is 2. The molecule has 0 radical (unpaired) electrons. The van der Waals surface area contributed by atoms with E-state index in [-0.39, 0.29) is 12.4 Å². The molecule has 0 atom stereocenters. The minimum Gasteiger partial charge on any atom is -0.260 e. The summed E-state index contributed by atoms with van der Waals surface area (Å²) in [6, 6.07) is 5.33. The molecule has 0 saturated carbocycles. The highest BCUT2D eigenvalue weighted by Crippen LogP contribution is 2.02. The summed E-state index contributed by atoms with van der Waals surface area (Å²) >= 11 is 5.48. The Hall–Kier alpha value is -0.780. The molecular formula is C7H6Cl2N2. The van der Waals surface area contributed by atoms with E-state index < -0.39 is 0 Å². The first-order chi connectivity index (χ1) is 4.86. The topological polar surface area (TPSA) is 36.7 Å². The zero-order valence-corrected chi connectivity index (χ0v) is 7.19. The first-order valence-corrected chi connectivity index (χ1v) is 3.31. The fourth-order valence-corrected chi connectivity index (χ4v) is 0.767. The monoisotopic (exact) mass is 188 g/mol. The largest absolute Gasteiger partial charge is 0.260 e. The second-order valence-corrected chi connectivity index (χ2v) is 2.05. The van der Waals surface area contributed by atoms with Gasteiger partial charge in [-0.2, -0.15) is 5.26 Å². The molecule has 11 heavy (non-hydrogen) atoms. The zero-order valence-electron chi connectivity index (χ0n) is 5.62. The molecule has 0 unspecified atom stereocenters. The molecule has 0 saturated heterocycles. The van der Waals surface area contributed by atoms with E-state index in [9.17, 15) is 0 Å². The van der Waals surface area contributed by atoms with Crippen LogP contribution < -0.4 is 0 Å². The van der Waals surface area contributed by atoms with Crippen molar-refractivity contribution in [1.82, 2.24) is 4.98 Å². The van der Waals surface area contributed by atoms with E-state index in [0.29, 0.717) is 11.4 Å². The fraction of sp³-hybridized carbons (Fsp3) is 0.143. The van der Waals surface area contributed by atoms with Crippen LogP contribution in [0.2, 0.25) is 0 Å². The first-order valence-electron chi connectivity index (χ1n) is 2.78. The number of nitrogens with zero attached hydrogens (tertiary/aromatic N) is 2. The molecule has 1 rings (SSSR count). The van der Waals surface area contributed by atoms with Crippen LogP contribution in [-0.2, 0) is 5.88 Å². The zero-order chi connectivity index (χ0) is 7.40. The summed E-state index contributed by atoms with van der Waals surface area (Å²) in [6.07, 6.45) is 1.58. The van der Waals surface area contributed by atoms with Crippen molar-refractivity contribution in [3.8, 4) is 6.07 Å². The maximum Gasteiger partial charge on any atom is 0.0992 e. The predicted octanol–water partition coefficient (Wildman–Crippen LogP) is 2.11. The molecule has 0 fully saturated rings. The molecule has 1 aromatic rings. The number of nitriles is 1. The average molecular weight is 189 g/mol. The molecule has 0 spiro atoms. The van der Waals surface area contributed by atoms with E-state index in [1.807, 2.05) is 6.07 Å². The lowest BCUT2D eigenvalue weighted by atomic mass is 10.2. The van der Waals surface area contributed by atoms with Gasteiger partial charge in [0.05, 0.1) is 23.2 Å². The van der Waals surface area contributed by atoms with Crippen molar-refractivity contribution >= 4 is 24.0 Å². The molecule has 2 nitrogen and oxygen atoms in total. The van der Waals surface area contributed by atoms with Crippen LogP contribution in [0.25, 0.3) is 0 Å². The quantitative estimate of drug-likeness (QED) is 0.634. The maximum atomic E-state index is 8.44. The van der Waals surface area contributed by atoms with Crippen molar-refractivity contribution in [2.24, 2.45) is 0 Å². The Morgan fingerprint density at radius 2 is 2.36 bits per heavy atom. The number of halogens is 2. The van der Waals surface area contributed by atoms with Gasteiger partial charge in [-0.1, -0.05) is 0 Å². The molecule has 0 aromatic carbocycles. The van der Waals surface area contributed by atoms with Crippen LogP contribution in [-0.4, -0.2) is 4.98 Å². The van der Waals surface area contributed by atoms with Crippen molar-refractivity contribution in [2.75, 3.05) is 0 Å². The second kappa shape index (κ2) is 4.95. The highest BCUT2D eigenvalue weighted by atomic mass is 35.5. The molecule has 0 aliphatic carbocycles. The summed E-state index contributed by atoms with van der Waals surface area (Å²) in [5.41, 5.74) is 1.34. The van der Waals surface area contributed by atoms with Gasteiger partial charge in [-0.15, -0.1) is 24.0 Å². The third-order valence-electron chi connectivity index (χ3n) is 1.08. The highest BCUT2D eigenvalue weighted by Gasteiger charge is 1.92. The van der Waals surface area contributed by atoms with E-state index in [1.54, 1.807) is 18.3 Å². The minimum atomic E-state index is 0. The summed E-state index contributed by atoms with van der Waals surface area (Å²) in [5.74, 6) is 0.357. The Kier molecular flexibility index (Phi) is 4.60. The molecule has 1 heterocycles. The molecule has 4 heteroatoms. The number of aromatic nitrogens is 1. The van der Waals surface area contributed by atoms with E-state index in [2.05, 4.69) is 4.98 Å². The van der Waals surface area contributed by atoms with Crippen molar-refractivity contribution in [3.63, 3.8) is 0 Å². The number of alkyl halides is 1. The van der Waals surface area contributed by atoms with E-state index in [0.717, 1.165) is 5.69 Å². The van der Waals surface area contributed by atoms with Crippen molar-refractivity contribution in [2.45, 2.75) is 5.88 Å². The third-order valence-corrected chi connectivity index (χ3v) is 1.36. The molecule has 0 bridgehead atoms. The number of pyridine rings is 1. The van der Waals surface area contributed by atoms with Crippen molar-refractivity contribution < 1.29 is 0 Å². The van der Waals surface area contributed by atoms with Gasteiger partial charge in [0.2, 0.25) is 0 Å². The molecule has 58 valence electrons. The second-order valence-electron chi connectivity index (χ2n) is 1.78. The standard InChI is InChI=1S/C7H5ClN2.ClH/c8-4-7-3-6(5-9)1-2-10-7;/h1-3H,4H2;1H. The summed E-state index contributed by atoms with van der Waals surface area (Å²) in [7, 11) is 0. The molecule has 0 N–H and O–H groups in total. The van der Waals surface area contributed by atoms with E-state index in [4.69, 9.17) is 16.9 Å². The van der Waals surface area contributed by atoms with Crippen LogP contribution in [0.3, 0.4) is 0 Å². The van der Waals surface area contributed by atoms with Gasteiger partial charge in [0.15, 0.2) is 0 Å². The third kappa shape index (κ3) is 2.75. The first kappa shape index (κ1) is 10.2. The van der Waals surface area contributed by atoms with Gasteiger partial charge in [-0.05, 0) is 12.1 Å². The summed E-state index contributed by atoms with van der Waals surface area (Å²) < 4.78 is 0. The van der Waals surface area contributed by atoms with Gasteiger partial charge >= 0.3 is 0 Å². The Balaban J connectivity index is 0.000001000. The Morgan fingerprint density at radius 1 is 1.64 bits per heavy atom. The predicted molar refractivity (Wildman–Crippen MR) is 45.8 cm³/mol. The van der Waals surface area contributed by atoms with E-state index in [1.165, 1.54) is 0 Å². The van der Waals surface area contributed by atoms with Crippen LogP contribution in [0.5, 0.6) is 0 Å². The fourth-order valence-electron chi connectivity index (χ4n) is 0.621. The van der Waals surface area contributed by atoms with Crippen LogP contribution in [0, 0.1) is 11.3 Å².